The minimum absolute atomic E-state index is 0.101. The van der Waals surface area contributed by atoms with Crippen LogP contribution in [0.1, 0.15) is 343 Å². The summed E-state index contributed by atoms with van der Waals surface area (Å²) in [6, 6.07) is 0. The first-order valence-electron chi connectivity index (χ1n) is 35.1. The number of hydrogen-bond acceptors (Lipinski definition) is 15. The molecule has 5 atom stereocenters. The minimum atomic E-state index is -4.94. The summed E-state index contributed by atoms with van der Waals surface area (Å²) in [6.45, 7) is 7.02. The first kappa shape index (κ1) is 84.1. The van der Waals surface area contributed by atoms with Crippen LogP contribution in [0.25, 0.3) is 0 Å². The van der Waals surface area contributed by atoms with Crippen molar-refractivity contribution >= 4 is 39.5 Å². The summed E-state index contributed by atoms with van der Waals surface area (Å²) in [5.74, 6) is -1.48. The smallest absolute Gasteiger partial charge is 0.462 e. The van der Waals surface area contributed by atoms with Crippen LogP contribution in [0.5, 0.6) is 0 Å². The lowest BCUT2D eigenvalue weighted by Crippen LogP contribution is -2.30. The van der Waals surface area contributed by atoms with Gasteiger partial charge >= 0.3 is 39.5 Å². The second-order valence-electron chi connectivity index (χ2n) is 24.7. The molecule has 0 heterocycles. The number of phosphoric acid groups is 2. The largest absolute Gasteiger partial charge is 0.472 e. The summed E-state index contributed by atoms with van der Waals surface area (Å²) >= 11 is 0. The molecule has 2 unspecified atom stereocenters. The number of carbonyl (C=O) groups excluding carboxylic acids is 4. The summed E-state index contributed by atoms with van der Waals surface area (Å²) in [5.41, 5.74) is 0. The Morgan fingerprint density at radius 2 is 0.535 bits per heavy atom. The van der Waals surface area contributed by atoms with Gasteiger partial charge in [0, 0.05) is 25.7 Å². The Bertz CT molecular complexity index is 1670. The molecular formula is C67H130O17P2. The Morgan fingerprint density at radius 1 is 0.314 bits per heavy atom. The van der Waals surface area contributed by atoms with Crippen LogP contribution in [0.15, 0.2) is 0 Å². The Balaban J connectivity index is 5.04. The molecule has 0 radical (unpaired) electrons. The van der Waals surface area contributed by atoms with Crippen molar-refractivity contribution < 1.29 is 80.2 Å². The van der Waals surface area contributed by atoms with Crippen LogP contribution in [-0.4, -0.2) is 96.7 Å². The highest BCUT2D eigenvalue weighted by molar-refractivity contribution is 7.47. The fourth-order valence-corrected chi connectivity index (χ4v) is 11.7. The Kier molecular flexibility index (Phi) is 59.2. The average molecular weight is 1270 g/mol. The van der Waals surface area contributed by atoms with E-state index in [9.17, 15) is 43.2 Å². The van der Waals surface area contributed by atoms with E-state index in [1.165, 1.54) is 161 Å². The molecule has 0 aromatic rings. The van der Waals surface area contributed by atoms with Gasteiger partial charge in [-0.3, -0.25) is 37.3 Å². The molecule has 0 rings (SSSR count). The van der Waals surface area contributed by atoms with Crippen molar-refractivity contribution in [1.82, 2.24) is 0 Å². The lowest BCUT2D eigenvalue weighted by molar-refractivity contribution is -0.161. The summed E-state index contributed by atoms with van der Waals surface area (Å²) in [5, 5.41) is 10.5. The summed E-state index contributed by atoms with van der Waals surface area (Å²) in [6.07, 6.45) is 46.7. The maximum Gasteiger partial charge on any atom is 0.472 e. The summed E-state index contributed by atoms with van der Waals surface area (Å²) < 4.78 is 67.8. The maximum atomic E-state index is 13.0. The van der Waals surface area contributed by atoms with Crippen molar-refractivity contribution in [2.75, 3.05) is 39.6 Å². The fourth-order valence-electron chi connectivity index (χ4n) is 10.1. The quantitative estimate of drug-likeness (QED) is 0.0222. The first-order valence-corrected chi connectivity index (χ1v) is 38.1. The second kappa shape index (κ2) is 60.6. The van der Waals surface area contributed by atoms with Gasteiger partial charge in [0.15, 0.2) is 12.2 Å². The third kappa shape index (κ3) is 60.9. The molecule has 0 aliphatic rings. The number of esters is 4. The molecule has 510 valence electrons. The molecule has 0 aliphatic carbocycles. The molecule has 0 saturated heterocycles. The van der Waals surface area contributed by atoms with Crippen molar-refractivity contribution in [3.63, 3.8) is 0 Å². The Hall–Kier alpha value is -1.94. The highest BCUT2D eigenvalue weighted by Gasteiger charge is 2.30. The topological polar surface area (TPSA) is 237 Å². The Labute approximate surface area is 524 Å². The third-order valence-electron chi connectivity index (χ3n) is 15.5. The van der Waals surface area contributed by atoms with E-state index >= 15 is 0 Å². The van der Waals surface area contributed by atoms with Crippen LogP contribution < -0.4 is 0 Å². The van der Waals surface area contributed by atoms with E-state index in [-0.39, 0.29) is 25.7 Å². The SMILES string of the molecule is CCCCCCCCCCCCCCCCCCCCCCCCC(=O)O[C@H](COC(=O)CCCCCCCCCCCC)COP(=O)(O)OC[C@@H](O)COP(=O)(O)OC[C@@H](COC(=O)CCCCCCC)OC(=O)CCCCCCCCC(C)C. The highest BCUT2D eigenvalue weighted by atomic mass is 31.2. The van der Waals surface area contributed by atoms with E-state index in [0.29, 0.717) is 31.6 Å². The zero-order valence-corrected chi connectivity index (χ0v) is 57.2. The molecular weight excluding hydrogens is 1140 g/mol. The van der Waals surface area contributed by atoms with Gasteiger partial charge in [-0.1, -0.05) is 291 Å². The lowest BCUT2D eigenvalue weighted by atomic mass is 10.0. The number of aliphatic hydroxyl groups excluding tert-OH is 1. The standard InChI is InChI=1S/C67H130O17P2/c1-6-9-12-15-17-19-21-22-23-24-25-26-27-28-29-30-31-32-34-36-42-47-52-66(71)83-63(57-78-65(70)51-46-41-35-33-20-18-16-13-10-7-2)59-82-86(75,76)80-55-61(68)54-79-85(73,74)81-58-62(56-77-64(69)50-45-39-14-11-8-3)84-67(72)53-48-43-38-37-40-44-49-60(4)5/h60-63,68H,6-59H2,1-5H3,(H,73,74)(H,75,76)/t61-,62+,63+/m0/s1. The number of unbranched alkanes of at least 4 members (excludes halogenated alkanes) is 39. The lowest BCUT2D eigenvalue weighted by Gasteiger charge is -2.21. The number of ether oxygens (including phenoxy) is 4. The van der Waals surface area contributed by atoms with Crippen LogP contribution >= 0.6 is 15.6 Å². The molecule has 3 N–H and O–H groups in total. The molecule has 86 heavy (non-hydrogen) atoms. The normalized spacial score (nSPS) is 14.2. The fraction of sp³-hybridized carbons (Fsp3) is 0.940. The molecule has 19 heteroatoms. The molecule has 0 bridgehead atoms. The molecule has 0 saturated carbocycles. The van der Waals surface area contributed by atoms with Gasteiger partial charge in [0.25, 0.3) is 0 Å². The van der Waals surface area contributed by atoms with Crippen LogP contribution in [0.3, 0.4) is 0 Å². The number of hydrogen-bond donors (Lipinski definition) is 3. The summed E-state index contributed by atoms with van der Waals surface area (Å²) in [7, 11) is -9.88. The first-order chi connectivity index (χ1) is 41.5. The maximum absolute atomic E-state index is 13.0. The van der Waals surface area contributed by atoms with Gasteiger partial charge in [0.1, 0.15) is 19.3 Å². The monoisotopic (exact) mass is 1270 g/mol. The average Bonchev–Trinajstić information content (AvgIpc) is 3.66. The molecule has 0 aromatic carbocycles. The number of aliphatic hydroxyl groups is 1. The minimum Gasteiger partial charge on any atom is -0.462 e. The van der Waals surface area contributed by atoms with Crippen LogP contribution in [0, 0.1) is 5.92 Å². The van der Waals surface area contributed by atoms with Gasteiger partial charge < -0.3 is 33.8 Å². The predicted molar refractivity (Wildman–Crippen MR) is 345 cm³/mol. The van der Waals surface area contributed by atoms with Crippen molar-refractivity contribution in [1.29, 1.82) is 0 Å². The zero-order valence-electron chi connectivity index (χ0n) is 55.4. The van der Waals surface area contributed by atoms with E-state index in [1.54, 1.807) is 0 Å². The number of phosphoric ester groups is 2. The van der Waals surface area contributed by atoms with E-state index in [0.717, 1.165) is 96.3 Å². The van der Waals surface area contributed by atoms with Gasteiger partial charge in [0.2, 0.25) is 0 Å². The molecule has 17 nitrogen and oxygen atoms in total. The van der Waals surface area contributed by atoms with Crippen molar-refractivity contribution in [3.05, 3.63) is 0 Å². The van der Waals surface area contributed by atoms with Gasteiger partial charge in [-0.15, -0.1) is 0 Å². The molecule has 0 fully saturated rings. The third-order valence-corrected chi connectivity index (χ3v) is 17.4. The highest BCUT2D eigenvalue weighted by Crippen LogP contribution is 2.45. The van der Waals surface area contributed by atoms with Gasteiger partial charge in [-0.25, -0.2) is 9.13 Å². The van der Waals surface area contributed by atoms with Crippen LogP contribution in [-0.2, 0) is 65.4 Å². The molecule has 0 aliphatic heterocycles. The van der Waals surface area contributed by atoms with Crippen LogP contribution in [0.4, 0.5) is 0 Å². The molecule has 0 amide bonds. The molecule has 0 spiro atoms. The van der Waals surface area contributed by atoms with Crippen molar-refractivity contribution in [2.45, 2.75) is 361 Å². The van der Waals surface area contributed by atoms with Gasteiger partial charge in [-0.2, -0.15) is 0 Å². The van der Waals surface area contributed by atoms with Gasteiger partial charge in [-0.05, 0) is 31.6 Å². The molecule has 0 aromatic heterocycles. The number of rotatable bonds is 67. The van der Waals surface area contributed by atoms with E-state index < -0.39 is 97.5 Å². The van der Waals surface area contributed by atoms with Crippen LogP contribution in [0.2, 0.25) is 0 Å². The van der Waals surface area contributed by atoms with E-state index in [1.807, 2.05) is 0 Å². The van der Waals surface area contributed by atoms with Crippen molar-refractivity contribution in [3.8, 4) is 0 Å². The van der Waals surface area contributed by atoms with Crippen molar-refractivity contribution in [2.24, 2.45) is 5.92 Å². The predicted octanol–water partition coefficient (Wildman–Crippen LogP) is 19.0. The summed E-state index contributed by atoms with van der Waals surface area (Å²) in [4.78, 5) is 72.0. The number of carbonyl (C=O) groups is 4. The van der Waals surface area contributed by atoms with E-state index in [4.69, 9.17) is 37.0 Å². The second-order valence-corrected chi connectivity index (χ2v) is 27.6. The Morgan fingerprint density at radius 3 is 0.791 bits per heavy atom. The van der Waals surface area contributed by atoms with E-state index in [2.05, 4.69) is 34.6 Å². The zero-order chi connectivity index (χ0) is 63.5. The van der Waals surface area contributed by atoms with Gasteiger partial charge in [0.05, 0.1) is 26.4 Å².